The number of benzene rings is 1. The zero-order chi connectivity index (χ0) is 18.1. The van der Waals surface area contributed by atoms with Crippen molar-refractivity contribution in [2.75, 3.05) is 32.7 Å². The van der Waals surface area contributed by atoms with E-state index in [2.05, 4.69) is 10.0 Å². The first-order valence-corrected chi connectivity index (χ1v) is 9.21. The summed E-state index contributed by atoms with van der Waals surface area (Å²) in [6.45, 7) is 3.78. The third-order valence-corrected chi connectivity index (χ3v) is 5.75. The van der Waals surface area contributed by atoms with Crippen LogP contribution in [0.25, 0.3) is 0 Å². The van der Waals surface area contributed by atoms with Crippen LogP contribution in [0.4, 0.5) is 4.39 Å². The van der Waals surface area contributed by atoms with Crippen LogP contribution in [0, 0.1) is 11.7 Å². The lowest BCUT2D eigenvalue weighted by molar-refractivity contribution is -0.143. The Morgan fingerprint density at radius 2 is 2.12 bits per heavy atom. The second-order valence-corrected chi connectivity index (χ2v) is 7.42. The predicted molar refractivity (Wildman–Crippen MR) is 94.3 cm³/mol. The molecular formula is C19H24FN3O3. The molecule has 1 unspecified atom stereocenters. The van der Waals surface area contributed by atoms with Crippen LogP contribution in [0.15, 0.2) is 23.3 Å². The second-order valence-electron chi connectivity index (χ2n) is 7.42. The Kier molecular flexibility index (Phi) is 4.67. The number of carboxylic acid groups (broad SMARTS) is 1. The number of carbonyl (C=O) groups is 1. The van der Waals surface area contributed by atoms with Crippen molar-refractivity contribution in [3.8, 4) is 0 Å². The molecule has 1 N–H and O–H groups in total. The SMILES string of the molecule is O=C(O)C(CN1CCC2(CC1)OCc1ccc(F)cc12)CN1CCC=N1. The summed E-state index contributed by atoms with van der Waals surface area (Å²) in [5.74, 6) is -1.47. The van der Waals surface area contributed by atoms with Gasteiger partial charge in [-0.2, -0.15) is 5.10 Å². The number of piperidine rings is 1. The van der Waals surface area contributed by atoms with E-state index in [1.54, 1.807) is 6.07 Å². The predicted octanol–water partition coefficient (Wildman–Crippen LogP) is 2.04. The van der Waals surface area contributed by atoms with Crippen molar-refractivity contribution in [2.45, 2.75) is 31.5 Å². The van der Waals surface area contributed by atoms with Gasteiger partial charge in [-0.3, -0.25) is 9.80 Å². The van der Waals surface area contributed by atoms with Crippen molar-refractivity contribution in [3.63, 3.8) is 0 Å². The van der Waals surface area contributed by atoms with E-state index in [4.69, 9.17) is 4.74 Å². The van der Waals surface area contributed by atoms with E-state index in [0.717, 1.165) is 50.0 Å². The fourth-order valence-corrected chi connectivity index (χ4v) is 4.26. The second kappa shape index (κ2) is 6.96. The van der Waals surface area contributed by atoms with Crippen molar-refractivity contribution >= 4 is 12.2 Å². The van der Waals surface area contributed by atoms with Gasteiger partial charge in [-0.05, 0) is 36.1 Å². The molecule has 0 bridgehead atoms. The minimum Gasteiger partial charge on any atom is -0.481 e. The average Bonchev–Trinajstić information content (AvgIpc) is 3.25. The highest BCUT2D eigenvalue weighted by Crippen LogP contribution is 2.44. The Labute approximate surface area is 152 Å². The minimum atomic E-state index is -0.781. The maximum absolute atomic E-state index is 13.7. The number of carboxylic acids is 1. The number of likely N-dealkylation sites (tertiary alicyclic amines) is 1. The summed E-state index contributed by atoms with van der Waals surface area (Å²) in [6, 6.07) is 4.89. The van der Waals surface area contributed by atoms with Gasteiger partial charge in [-0.25, -0.2) is 4.39 Å². The topological polar surface area (TPSA) is 65.4 Å². The standard InChI is InChI=1S/C19H24FN3O3/c20-16-3-2-14-13-26-19(17(14)10-16)4-8-22(9-5-19)11-15(18(24)25)12-23-7-1-6-21-23/h2-3,6,10,15H,1,4-5,7-9,11-13H2,(H,24,25). The van der Waals surface area contributed by atoms with Gasteiger partial charge in [0.05, 0.1) is 24.7 Å². The molecule has 0 aromatic heterocycles. The average molecular weight is 361 g/mol. The van der Waals surface area contributed by atoms with Crippen molar-refractivity contribution in [1.82, 2.24) is 9.91 Å². The van der Waals surface area contributed by atoms with Crippen LogP contribution in [-0.2, 0) is 21.7 Å². The van der Waals surface area contributed by atoms with E-state index in [1.807, 2.05) is 17.3 Å². The summed E-state index contributed by atoms with van der Waals surface area (Å²) >= 11 is 0. The van der Waals surface area contributed by atoms with Gasteiger partial charge in [-0.1, -0.05) is 6.07 Å². The molecule has 4 rings (SSSR count). The van der Waals surface area contributed by atoms with Crippen molar-refractivity contribution < 1.29 is 19.0 Å². The van der Waals surface area contributed by atoms with Crippen LogP contribution in [-0.4, -0.2) is 59.9 Å². The number of hydrogen-bond acceptors (Lipinski definition) is 5. The first-order chi connectivity index (χ1) is 12.6. The third-order valence-electron chi connectivity index (χ3n) is 5.75. The molecule has 1 aromatic carbocycles. The first-order valence-electron chi connectivity index (χ1n) is 9.21. The van der Waals surface area contributed by atoms with Crippen LogP contribution < -0.4 is 0 Å². The van der Waals surface area contributed by atoms with Crippen LogP contribution in [0.5, 0.6) is 0 Å². The molecule has 26 heavy (non-hydrogen) atoms. The summed E-state index contributed by atoms with van der Waals surface area (Å²) < 4.78 is 19.8. The van der Waals surface area contributed by atoms with Crippen LogP contribution in [0.1, 0.15) is 30.4 Å². The van der Waals surface area contributed by atoms with Crippen molar-refractivity contribution in [3.05, 3.63) is 35.1 Å². The lowest BCUT2D eigenvalue weighted by Gasteiger charge is -2.40. The normalized spacial score (nSPS) is 22.7. The van der Waals surface area contributed by atoms with E-state index in [1.165, 1.54) is 6.07 Å². The number of halogens is 1. The third kappa shape index (κ3) is 3.33. The molecule has 1 saturated heterocycles. The number of nitrogens with zero attached hydrogens (tertiary/aromatic N) is 3. The molecular weight excluding hydrogens is 337 g/mol. The van der Waals surface area contributed by atoms with Gasteiger partial charge < -0.3 is 14.7 Å². The van der Waals surface area contributed by atoms with E-state index in [-0.39, 0.29) is 5.82 Å². The minimum absolute atomic E-state index is 0.229. The van der Waals surface area contributed by atoms with Gasteiger partial charge in [0.1, 0.15) is 5.82 Å². The van der Waals surface area contributed by atoms with Crippen LogP contribution >= 0.6 is 0 Å². The number of hydrazone groups is 1. The molecule has 3 aliphatic heterocycles. The quantitative estimate of drug-likeness (QED) is 0.869. The zero-order valence-electron chi connectivity index (χ0n) is 14.7. The van der Waals surface area contributed by atoms with E-state index >= 15 is 0 Å². The Bertz CT molecular complexity index is 716. The molecule has 1 aromatic rings. The fraction of sp³-hybridized carbons (Fsp3) is 0.579. The number of fused-ring (bicyclic) bond motifs is 2. The highest BCUT2D eigenvalue weighted by Gasteiger charge is 2.43. The molecule has 1 atom stereocenters. The lowest BCUT2D eigenvalue weighted by atomic mass is 9.83. The van der Waals surface area contributed by atoms with Crippen molar-refractivity contribution in [2.24, 2.45) is 11.0 Å². The summed E-state index contributed by atoms with van der Waals surface area (Å²) in [4.78, 5) is 13.8. The molecule has 1 spiro atoms. The molecule has 1 fully saturated rings. The van der Waals surface area contributed by atoms with Gasteiger partial charge in [0.2, 0.25) is 0 Å². The Morgan fingerprint density at radius 3 is 2.81 bits per heavy atom. The number of hydrogen-bond donors (Lipinski definition) is 1. The van der Waals surface area contributed by atoms with Crippen LogP contribution in [0.2, 0.25) is 0 Å². The maximum Gasteiger partial charge on any atom is 0.309 e. The molecule has 0 aliphatic carbocycles. The van der Waals surface area contributed by atoms with Gasteiger partial charge in [-0.15, -0.1) is 0 Å². The largest absolute Gasteiger partial charge is 0.481 e. The molecule has 3 heterocycles. The number of aliphatic carboxylic acids is 1. The molecule has 0 radical (unpaired) electrons. The summed E-state index contributed by atoms with van der Waals surface area (Å²) in [7, 11) is 0. The Balaban J connectivity index is 1.38. The molecule has 0 amide bonds. The molecule has 140 valence electrons. The molecule has 7 heteroatoms. The highest BCUT2D eigenvalue weighted by atomic mass is 19.1. The van der Waals surface area contributed by atoms with Gasteiger partial charge in [0, 0.05) is 38.8 Å². The monoisotopic (exact) mass is 361 g/mol. The highest BCUT2D eigenvalue weighted by molar-refractivity contribution is 5.70. The van der Waals surface area contributed by atoms with Gasteiger partial charge >= 0.3 is 5.97 Å². The van der Waals surface area contributed by atoms with E-state index in [9.17, 15) is 14.3 Å². The smallest absolute Gasteiger partial charge is 0.309 e. The Hall–Kier alpha value is -1.99. The molecule has 3 aliphatic rings. The lowest BCUT2D eigenvalue weighted by Crippen LogP contribution is -2.46. The molecule has 0 saturated carbocycles. The number of rotatable bonds is 5. The maximum atomic E-state index is 13.7. The van der Waals surface area contributed by atoms with Crippen molar-refractivity contribution in [1.29, 1.82) is 0 Å². The number of ether oxygens (including phenoxy) is 1. The van der Waals surface area contributed by atoms with E-state index < -0.39 is 17.5 Å². The summed E-state index contributed by atoms with van der Waals surface area (Å²) in [6.07, 6.45) is 4.23. The zero-order valence-corrected chi connectivity index (χ0v) is 14.7. The summed E-state index contributed by atoms with van der Waals surface area (Å²) in [5.41, 5.74) is 1.62. The fourth-order valence-electron chi connectivity index (χ4n) is 4.26. The summed E-state index contributed by atoms with van der Waals surface area (Å²) in [5, 5.41) is 15.6. The first kappa shape index (κ1) is 17.4. The van der Waals surface area contributed by atoms with Crippen LogP contribution in [0.3, 0.4) is 0 Å². The van der Waals surface area contributed by atoms with Gasteiger partial charge in [0.15, 0.2) is 0 Å². The Morgan fingerprint density at radius 1 is 1.31 bits per heavy atom. The van der Waals surface area contributed by atoms with Gasteiger partial charge in [0.25, 0.3) is 0 Å². The van der Waals surface area contributed by atoms with E-state index in [0.29, 0.717) is 19.7 Å². The molecule has 6 nitrogen and oxygen atoms in total.